The lowest BCUT2D eigenvalue weighted by Crippen LogP contribution is -2.66. The van der Waals surface area contributed by atoms with Gasteiger partial charge in [0.1, 0.15) is 73.2 Å². The van der Waals surface area contributed by atoms with Crippen LogP contribution in [0.1, 0.15) is 290 Å². The van der Waals surface area contributed by atoms with Gasteiger partial charge in [0, 0.05) is 6.42 Å². The number of hydrogen-bond donors (Lipinski definition) is 12. The lowest BCUT2D eigenvalue weighted by atomic mass is 9.96. The van der Waals surface area contributed by atoms with Gasteiger partial charge in [-0.15, -0.1) is 0 Å². The normalized spacial score (nSPS) is 28.1. The van der Waals surface area contributed by atoms with E-state index in [4.69, 9.17) is 28.4 Å². The van der Waals surface area contributed by atoms with Gasteiger partial charge in [0.25, 0.3) is 0 Å². The highest BCUT2D eigenvalue weighted by atomic mass is 16.8. The minimum Gasteiger partial charge on any atom is -0.394 e. The molecular weight excluding hydrogens is 1150 g/mol. The van der Waals surface area contributed by atoms with E-state index in [1.807, 2.05) is 6.08 Å². The van der Waals surface area contributed by atoms with Crippen LogP contribution in [0, 0.1) is 0 Å². The fourth-order valence-corrected chi connectivity index (χ4v) is 12.6. The minimum absolute atomic E-state index is 0.241. The van der Waals surface area contributed by atoms with E-state index in [2.05, 4.69) is 31.3 Å². The molecule has 90 heavy (non-hydrogen) atoms. The second-order valence-electron chi connectivity index (χ2n) is 26.4. The van der Waals surface area contributed by atoms with Gasteiger partial charge < -0.3 is 89.9 Å². The van der Waals surface area contributed by atoms with Crippen LogP contribution >= 0.6 is 0 Å². The third kappa shape index (κ3) is 34.8. The average molecular weight is 1290 g/mol. The van der Waals surface area contributed by atoms with Crippen LogP contribution in [-0.4, -0.2) is 193 Å². The van der Waals surface area contributed by atoms with Crippen LogP contribution < -0.4 is 5.32 Å². The lowest BCUT2D eigenvalue weighted by Gasteiger charge is -2.48. The molecule has 17 unspecified atom stereocenters. The summed E-state index contributed by atoms with van der Waals surface area (Å²) in [4.78, 5) is 13.4. The lowest BCUT2D eigenvalue weighted by molar-refractivity contribution is -0.379. The summed E-state index contributed by atoms with van der Waals surface area (Å²) in [6.45, 7) is 1.76. The molecule has 3 heterocycles. The van der Waals surface area contributed by atoms with E-state index in [1.54, 1.807) is 6.08 Å². The first-order valence-corrected chi connectivity index (χ1v) is 36.6. The van der Waals surface area contributed by atoms with E-state index in [1.165, 1.54) is 218 Å². The summed E-state index contributed by atoms with van der Waals surface area (Å²) in [5.74, 6) is -0.279. The predicted molar refractivity (Wildman–Crippen MR) is 351 cm³/mol. The van der Waals surface area contributed by atoms with Crippen LogP contribution in [0.5, 0.6) is 0 Å². The molecule has 12 N–H and O–H groups in total. The molecule has 19 nitrogen and oxygen atoms in total. The second kappa shape index (κ2) is 53.4. The molecule has 3 aliphatic rings. The van der Waals surface area contributed by atoms with E-state index in [0.29, 0.717) is 12.8 Å². The molecule has 1 amide bonds. The van der Waals surface area contributed by atoms with Crippen LogP contribution in [0.25, 0.3) is 0 Å². The monoisotopic (exact) mass is 1290 g/mol. The second-order valence-corrected chi connectivity index (χ2v) is 26.4. The summed E-state index contributed by atoms with van der Waals surface area (Å²) in [6, 6.07) is -0.987. The van der Waals surface area contributed by atoms with Gasteiger partial charge in [-0.2, -0.15) is 0 Å². The molecular formula is C71H133NO18. The van der Waals surface area contributed by atoms with Gasteiger partial charge in [0.2, 0.25) is 5.91 Å². The number of allylic oxidation sites excluding steroid dienone is 3. The summed E-state index contributed by atoms with van der Waals surface area (Å²) < 4.78 is 34.4. The zero-order valence-corrected chi connectivity index (χ0v) is 56.1. The quantitative estimate of drug-likeness (QED) is 0.0199. The molecule has 530 valence electrons. The average Bonchev–Trinajstić information content (AvgIpc) is 1.01. The summed E-state index contributed by atoms with van der Waals surface area (Å²) in [5.41, 5.74) is 0. The van der Waals surface area contributed by atoms with E-state index < -0.39 is 124 Å². The fourth-order valence-electron chi connectivity index (χ4n) is 12.6. The van der Waals surface area contributed by atoms with Crippen molar-refractivity contribution in [3.8, 4) is 0 Å². The van der Waals surface area contributed by atoms with Gasteiger partial charge >= 0.3 is 0 Å². The van der Waals surface area contributed by atoms with Gasteiger partial charge in [0.15, 0.2) is 18.9 Å². The molecule has 0 aromatic carbocycles. The van der Waals surface area contributed by atoms with Crippen molar-refractivity contribution in [2.75, 3.05) is 26.4 Å². The largest absolute Gasteiger partial charge is 0.394 e. The number of nitrogens with one attached hydrogen (secondary N) is 1. The van der Waals surface area contributed by atoms with Gasteiger partial charge in [-0.05, 0) is 32.1 Å². The number of amides is 1. The molecule has 3 fully saturated rings. The van der Waals surface area contributed by atoms with Gasteiger partial charge in [-0.1, -0.05) is 276 Å². The van der Waals surface area contributed by atoms with Crippen molar-refractivity contribution >= 4 is 5.91 Å². The number of aliphatic hydroxyl groups is 11. The number of ether oxygens (including phenoxy) is 6. The number of carbonyl (C=O) groups excluding carboxylic acids is 1. The van der Waals surface area contributed by atoms with Crippen LogP contribution in [0.4, 0.5) is 0 Å². The summed E-state index contributed by atoms with van der Waals surface area (Å²) >= 11 is 0. The number of carbonyl (C=O) groups is 1. The van der Waals surface area contributed by atoms with Crippen molar-refractivity contribution in [1.29, 1.82) is 0 Å². The molecule has 3 saturated heterocycles. The first kappa shape index (κ1) is 82.5. The Morgan fingerprint density at radius 3 is 1.11 bits per heavy atom. The maximum absolute atomic E-state index is 13.4. The molecule has 0 bridgehead atoms. The van der Waals surface area contributed by atoms with Crippen LogP contribution in [0.2, 0.25) is 0 Å². The highest BCUT2D eigenvalue weighted by molar-refractivity contribution is 5.76. The zero-order valence-electron chi connectivity index (χ0n) is 56.1. The molecule has 3 aliphatic heterocycles. The first-order chi connectivity index (χ1) is 43.8. The van der Waals surface area contributed by atoms with E-state index in [9.17, 15) is 61.0 Å². The van der Waals surface area contributed by atoms with Gasteiger partial charge in [-0.25, -0.2) is 0 Å². The molecule has 0 aromatic rings. The SMILES string of the molecule is CCCCCCCCCCCCCCCCCC/C=C/CC/C=C/C(O)C(COC1OC(CO)C(OC2OC(CO)C(OC3OC(CO)C(O)C(O)C3O)C(O)C2O)C(O)C1O)NC(=O)CCCCCCCCCCCCCCCCCCCCCCCCC. The molecule has 0 aromatic heterocycles. The maximum atomic E-state index is 13.4. The molecule has 0 radical (unpaired) electrons. The van der Waals surface area contributed by atoms with E-state index >= 15 is 0 Å². The molecule has 3 rings (SSSR count). The topological polar surface area (TPSA) is 307 Å². The Labute approximate surface area is 543 Å². The van der Waals surface area contributed by atoms with Crippen molar-refractivity contribution in [2.45, 2.75) is 394 Å². The first-order valence-electron chi connectivity index (χ1n) is 36.6. The van der Waals surface area contributed by atoms with Crippen molar-refractivity contribution in [2.24, 2.45) is 0 Å². The van der Waals surface area contributed by atoms with Crippen molar-refractivity contribution < 1.29 is 89.4 Å². The summed E-state index contributed by atoms with van der Waals surface area (Å²) in [7, 11) is 0. The van der Waals surface area contributed by atoms with Crippen molar-refractivity contribution in [3.63, 3.8) is 0 Å². The fraction of sp³-hybridized carbons (Fsp3) is 0.930. The molecule has 0 spiro atoms. The predicted octanol–water partition coefficient (Wildman–Crippen LogP) is 10.2. The summed E-state index contributed by atoms with van der Waals surface area (Å²) in [6.07, 6.45) is 34.4. The Morgan fingerprint density at radius 1 is 0.389 bits per heavy atom. The Balaban J connectivity index is 1.43. The number of unbranched alkanes of at least 4 members (excludes halogenated alkanes) is 39. The molecule has 0 aliphatic carbocycles. The van der Waals surface area contributed by atoms with E-state index in [-0.39, 0.29) is 18.9 Å². The highest BCUT2D eigenvalue weighted by Gasteiger charge is 2.53. The Hall–Kier alpha value is -1.73. The van der Waals surface area contributed by atoms with Gasteiger partial charge in [0.05, 0.1) is 38.6 Å². The zero-order chi connectivity index (χ0) is 65.4. The Kier molecular flexibility index (Phi) is 49.0. The third-order valence-electron chi connectivity index (χ3n) is 18.5. The van der Waals surface area contributed by atoms with Crippen LogP contribution in [0.15, 0.2) is 24.3 Å². The number of hydrogen-bond acceptors (Lipinski definition) is 18. The standard InChI is InChI=1S/C71H133NO18/c1-3-5-7-9-11-13-15-17-19-21-23-25-27-29-31-33-35-37-39-41-43-45-47-49-59(77)72-54(55(76)48-46-44-42-40-38-36-34-32-30-28-26-24-22-20-18-16-14-12-10-8-6-4-2)53-85-69-65(83)62(80)67(57(51-74)87-69)90-71-66(84)63(81)68(58(52-75)88-71)89-70-64(82)61(79)60(78)56(50-73)86-70/h38,40,46,48,54-58,60-71,73-76,78-84H,3-37,39,41-45,47,49-53H2,1-2H3,(H,72,77)/b40-38+,48-46+. The molecule has 19 heteroatoms. The van der Waals surface area contributed by atoms with Gasteiger partial charge in [-0.3, -0.25) is 4.79 Å². The highest BCUT2D eigenvalue weighted by Crippen LogP contribution is 2.33. The smallest absolute Gasteiger partial charge is 0.220 e. The minimum atomic E-state index is -1.98. The van der Waals surface area contributed by atoms with Crippen molar-refractivity contribution in [1.82, 2.24) is 5.32 Å². The van der Waals surface area contributed by atoms with Crippen molar-refractivity contribution in [3.05, 3.63) is 24.3 Å². The Morgan fingerprint density at radius 2 is 0.711 bits per heavy atom. The Bertz CT molecular complexity index is 1730. The third-order valence-corrected chi connectivity index (χ3v) is 18.5. The number of rotatable bonds is 57. The van der Waals surface area contributed by atoms with E-state index in [0.717, 1.165) is 38.5 Å². The van der Waals surface area contributed by atoms with Crippen LogP contribution in [-0.2, 0) is 33.2 Å². The maximum Gasteiger partial charge on any atom is 0.220 e. The van der Waals surface area contributed by atoms with Crippen LogP contribution in [0.3, 0.4) is 0 Å². The number of aliphatic hydroxyl groups excluding tert-OH is 11. The molecule has 0 saturated carbocycles. The summed E-state index contributed by atoms with van der Waals surface area (Å²) in [5, 5.41) is 121. The molecule has 17 atom stereocenters.